The maximum atomic E-state index is 14.2. The van der Waals surface area contributed by atoms with E-state index in [0.29, 0.717) is 71.9 Å². The van der Waals surface area contributed by atoms with Crippen LogP contribution in [0.1, 0.15) is 121 Å². The molecule has 4 aliphatic rings. The predicted octanol–water partition coefficient (Wildman–Crippen LogP) is 1.26. The van der Waals surface area contributed by atoms with Crippen molar-refractivity contribution in [3.8, 4) is 23.0 Å². The molecule has 2 aromatic heterocycles. The highest BCUT2D eigenvalue weighted by atomic mass is 33.1. The number of nitrogens with zero attached hydrogens (tertiary/aromatic N) is 7. The molecule has 45 heteroatoms. The van der Waals surface area contributed by atoms with Crippen LogP contribution in [0.3, 0.4) is 0 Å². The van der Waals surface area contributed by atoms with Crippen molar-refractivity contribution in [3.63, 3.8) is 0 Å². The van der Waals surface area contributed by atoms with Gasteiger partial charge in [0.15, 0.2) is 46.3 Å². The molecule has 121 heavy (non-hydrogen) atoms. The number of carboxylic acid groups (broad SMARTS) is 4. The quantitative estimate of drug-likeness (QED) is 0.00858. The van der Waals surface area contributed by atoms with Gasteiger partial charge in [-0.15, -0.1) is 0 Å². The Morgan fingerprint density at radius 1 is 0.678 bits per heavy atom. The number of methoxy groups -OCH3 is 2. The van der Waals surface area contributed by atoms with E-state index in [4.69, 9.17) is 40.6 Å². The lowest BCUT2D eigenvalue weighted by Crippen LogP contribution is -2.59. The Hall–Kier alpha value is -13.3. The van der Waals surface area contributed by atoms with E-state index in [1.54, 1.807) is 42.3 Å². The highest BCUT2D eigenvalue weighted by Gasteiger charge is 2.47. The van der Waals surface area contributed by atoms with Crippen molar-refractivity contribution in [2.24, 2.45) is 10.7 Å². The van der Waals surface area contributed by atoms with E-state index >= 15 is 0 Å². The number of guanidine groups is 1. The van der Waals surface area contributed by atoms with Gasteiger partial charge in [0.1, 0.15) is 36.8 Å². The number of nitrogen functional groups attached to an aromatic ring is 1. The summed E-state index contributed by atoms with van der Waals surface area (Å²) in [7, 11) is 4.63. The lowest BCUT2D eigenvalue weighted by atomic mass is 10.1. The number of benzene rings is 3. The number of anilines is 3. The van der Waals surface area contributed by atoms with Gasteiger partial charge in [0.05, 0.1) is 99.7 Å². The van der Waals surface area contributed by atoms with E-state index in [0.717, 1.165) is 32.1 Å². The maximum Gasteiger partial charge on any atom is 0.416 e. The fraction of sp³-hybridized carbons (Fsp3) is 0.434. The Balaban J connectivity index is 0.752. The number of carboxylic acids is 4. The molecule has 0 spiro atoms. The highest BCUT2D eigenvalue weighted by molar-refractivity contribution is 8.76. The summed E-state index contributed by atoms with van der Waals surface area (Å²) >= 11 is 0. The van der Waals surface area contributed by atoms with Crippen molar-refractivity contribution in [2.45, 2.75) is 145 Å². The average Bonchev–Trinajstić information content (AvgIpc) is 1.61. The summed E-state index contributed by atoms with van der Waals surface area (Å²) in [6, 6.07) is 0.667. The molecule has 43 nitrogen and oxygen atoms in total. The largest absolute Gasteiger partial charge is 0.493 e. The number of aromatic amines is 1. The molecule has 0 aliphatic carbocycles. The number of aliphatic carboxylic acids is 4. The molecule has 2 fully saturated rings. The lowest BCUT2D eigenvalue weighted by Gasteiger charge is -2.31. The molecule has 0 bridgehead atoms. The molecule has 5 aromatic rings. The molecule has 0 radical (unpaired) electrons. The molecule has 6 heterocycles. The number of rotatable bonds is 44. The topological polar surface area (TPSA) is 635 Å². The zero-order valence-electron chi connectivity index (χ0n) is 65.8. The van der Waals surface area contributed by atoms with Crippen molar-refractivity contribution in [3.05, 3.63) is 112 Å². The number of carbonyl (C=O) groups excluding carboxylic acids is 9. The monoisotopic (exact) mass is 1720 g/mol. The van der Waals surface area contributed by atoms with E-state index in [1.807, 2.05) is 5.32 Å². The average molecular weight is 1720 g/mol. The van der Waals surface area contributed by atoms with Crippen LogP contribution < -0.4 is 83.4 Å². The third kappa shape index (κ3) is 25.4. The number of unbranched alkanes of at least 4 members (excludes halogenated alkanes) is 2. The first-order valence-corrected chi connectivity index (χ1v) is 40.4. The van der Waals surface area contributed by atoms with Crippen LogP contribution in [-0.2, 0) is 54.4 Å². The van der Waals surface area contributed by atoms with Gasteiger partial charge in [-0.05, 0) is 94.7 Å². The van der Waals surface area contributed by atoms with Gasteiger partial charge in [-0.25, -0.2) is 24.5 Å². The van der Waals surface area contributed by atoms with Gasteiger partial charge in [0, 0.05) is 73.2 Å². The number of aliphatic imine (C=N–C) groups is 1. The van der Waals surface area contributed by atoms with Crippen LogP contribution in [0.2, 0.25) is 0 Å². The molecular weight excluding hydrogens is 1630 g/mol. The van der Waals surface area contributed by atoms with Gasteiger partial charge in [-0.1, -0.05) is 45.9 Å². The molecule has 648 valence electrons. The van der Waals surface area contributed by atoms with Gasteiger partial charge < -0.3 is 113 Å². The van der Waals surface area contributed by atoms with Gasteiger partial charge in [0.25, 0.3) is 23.3 Å². The number of aromatic nitrogens is 4. The van der Waals surface area contributed by atoms with Crippen LogP contribution in [-0.4, -0.2) is 264 Å². The summed E-state index contributed by atoms with van der Waals surface area (Å²) in [5.41, 5.74) is 13.9. The molecule has 4 aliphatic heterocycles. The zero-order chi connectivity index (χ0) is 87.9. The van der Waals surface area contributed by atoms with Crippen molar-refractivity contribution in [1.29, 1.82) is 5.41 Å². The summed E-state index contributed by atoms with van der Waals surface area (Å²) in [6.07, 6.45) is -1.63. The Labute approximate surface area is 697 Å². The Morgan fingerprint density at radius 2 is 1.26 bits per heavy atom. The fourth-order valence-electron chi connectivity index (χ4n) is 13.1. The van der Waals surface area contributed by atoms with Crippen molar-refractivity contribution >= 4 is 145 Å². The summed E-state index contributed by atoms with van der Waals surface area (Å²) in [6.45, 7) is 10.1. The summed E-state index contributed by atoms with van der Waals surface area (Å²) in [5.74, 6) is -14.4. The van der Waals surface area contributed by atoms with Crippen LogP contribution in [0, 0.1) is 5.41 Å². The molecule has 9 amide bonds. The van der Waals surface area contributed by atoms with Crippen LogP contribution in [0.5, 0.6) is 23.0 Å². The number of H-pyrrole nitrogens is 1. The Kier molecular flexibility index (Phi) is 32.4. The van der Waals surface area contributed by atoms with Crippen molar-refractivity contribution in [2.75, 3.05) is 81.1 Å². The highest BCUT2D eigenvalue weighted by Crippen LogP contribution is 2.43. The van der Waals surface area contributed by atoms with Gasteiger partial charge in [0.2, 0.25) is 35.5 Å². The minimum Gasteiger partial charge on any atom is -0.493 e. The maximum absolute atomic E-state index is 14.2. The number of nitrogens with one attached hydrogen (secondary N) is 10. The molecular formula is C76H93N19O24S2. The van der Waals surface area contributed by atoms with Crippen molar-refractivity contribution in [1.82, 2.24) is 67.0 Å². The van der Waals surface area contributed by atoms with E-state index < -0.39 is 163 Å². The number of fused-ring (bicyclic) bond motifs is 5. The van der Waals surface area contributed by atoms with E-state index in [9.17, 15) is 92.7 Å². The van der Waals surface area contributed by atoms with Crippen molar-refractivity contribution < 1.29 is 112 Å². The molecule has 19 N–H and O–H groups in total. The van der Waals surface area contributed by atoms with Gasteiger partial charge >= 0.3 is 30.0 Å². The Morgan fingerprint density at radius 3 is 1.88 bits per heavy atom. The zero-order valence-corrected chi connectivity index (χ0v) is 67.5. The van der Waals surface area contributed by atoms with Crippen LogP contribution in [0.25, 0.3) is 11.2 Å². The van der Waals surface area contributed by atoms with Gasteiger partial charge in [-0.3, -0.25) is 72.9 Å². The molecule has 9 rings (SSSR count). The molecule has 3 aromatic carbocycles. The standard InChI is InChI=1S/C76H93N19O24S2/c1-37-22-43-33-82-47-26-56(54(115-4)24-44(47)70(109)93(43)34-37)117-18-7-6-8-19-118-57-30-52-45(25-55(57)116-5)71(110)94-35-38(2)23-53(94)72(111)95(52)76(114)119-20-21-120-121-36-51(73(112)113)90-68(107)50(29-61(101)102)89-67(106)49(28-60(99)100)88-65(104)46(10-9-17-80-74(77)78)87-66(105)48(27-59(97)98)86-58(96)16-11-39(3)84-64(103)40-12-14-41(15-13-40)81-31-42-32-83-63-62(85-42)69(108)92-75(79)91-63/h12-15,24-26,30,32-33,39,43,46,48-51,53,72,81,111H,1-2,6-11,16-23,27-29,31,34-36H2,3-5H3,(H,84,103)(H,86,96)(H,87,105)(H,88,104)(H,89,106)(H,90,107)(H,97,98)(H,99,100)(H,101,102)(H,112,113)(H4,77,78,80)(H3,79,83,91,92,108)/t39-,43?,46+,48+,49+,50+,51+,53+,72+/m1/s1. The number of hydrogen-bond donors (Lipinski definition) is 17. The van der Waals surface area contributed by atoms with Crippen LogP contribution in [0.15, 0.2) is 88.8 Å². The normalized spacial score (nSPS) is 16.6. The first-order valence-electron chi connectivity index (χ1n) is 37.9. The third-order valence-electron chi connectivity index (χ3n) is 19.2. The molecule has 9 atom stereocenters. The number of hydrogen-bond acceptors (Lipinski definition) is 29. The second kappa shape index (κ2) is 42.9. The minimum absolute atomic E-state index is 0.0129. The van der Waals surface area contributed by atoms with E-state index in [-0.39, 0.29) is 128 Å². The summed E-state index contributed by atoms with van der Waals surface area (Å²) < 4.78 is 29.2. The predicted molar refractivity (Wildman–Crippen MR) is 436 cm³/mol. The fourth-order valence-corrected chi connectivity index (χ4v) is 15.1. The number of aliphatic hydroxyl groups excluding tert-OH is 1. The number of amides is 9. The molecule has 1 unspecified atom stereocenters. The third-order valence-corrected chi connectivity index (χ3v) is 21.5. The first kappa shape index (κ1) is 91.6. The number of aliphatic hydroxyl groups is 1. The molecule has 0 saturated carbocycles. The van der Waals surface area contributed by atoms with E-state index in [2.05, 4.69) is 75.3 Å². The summed E-state index contributed by atoms with van der Waals surface area (Å²) in [4.78, 5) is 209. The summed E-state index contributed by atoms with van der Waals surface area (Å²) in [5, 5.41) is 78.4. The van der Waals surface area contributed by atoms with Crippen LogP contribution in [0.4, 0.5) is 27.8 Å². The second-order valence-corrected chi connectivity index (χ2v) is 30.9. The lowest BCUT2D eigenvalue weighted by molar-refractivity contribution is -0.144. The molecule has 2 saturated heterocycles. The SMILES string of the molecule is C=C1CC2C=Nc3cc(OCCCCCOc4cc5c(cc4OC)C(=O)N4CC(=C)C[C@H]4[C@H](O)N5C(=O)OCCSSC[C@H](NC(=O)[C@H](CC(=O)O)NC(=O)[C@H](CC(=O)O)NC(=O)[C@H](CCCNC(=N)N)NC(=O)[C@H](CC(=O)O)NC(=O)CC[C@@H](C)NC(=O)c4ccc(NCc5cnc6nc(N)[nH]c(=O)c6n5)cc4)C(=O)O)c(OC)cc3C(=O)N2C1. The number of ether oxygens (including phenoxy) is 5. The number of nitrogens with two attached hydrogens (primary N) is 2. The van der Waals surface area contributed by atoms with Gasteiger partial charge in [-0.2, -0.15) is 4.98 Å². The smallest absolute Gasteiger partial charge is 0.416 e. The van der Waals surface area contributed by atoms with E-state index in [1.165, 1.54) is 49.6 Å². The minimum atomic E-state index is -2.17. The Bertz CT molecular complexity index is 4900. The number of carbonyl (C=O) groups is 13. The van der Waals surface area contributed by atoms with Crippen LogP contribution >= 0.6 is 21.6 Å². The first-order chi connectivity index (χ1) is 57.7. The second-order valence-electron chi connectivity index (χ2n) is 28.3.